The molecule has 0 bridgehead atoms. The first-order valence-electron chi connectivity index (χ1n) is 14.5. The number of aromatic nitrogens is 2. The highest BCUT2D eigenvalue weighted by Gasteiger charge is 2.13. The van der Waals surface area contributed by atoms with Crippen molar-refractivity contribution in [2.24, 2.45) is 0 Å². The Labute approximate surface area is 252 Å². The number of benzene rings is 6. The molecule has 0 saturated heterocycles. The summed E-state index contributed by atoms with van der Waals surface area (Å²) in [6.07, 6.45) is 0. The van der Waals surface area contributed by atoms with Crippen LogP contribution in [0.5, 0.6) is 0 Å². The van der Waals surface area contributed by atoms with Crippen molar-refractivity contribution in [1.29, 1.82) is 0 Å². The molecule has 0 saturated carbocycles. The van der Waals surface area contributed by atoms with Gasteiger partial charge in [0.15, 0.2) is 0 Å². The molecule has 6 aromatic carbocycles. The molecule has 0 fully saturated rings. The molecule has 9 rings (SSSR count). The number of thiophene rings is 1. The summed E-state index contributed by atoms with van der Waals surface area (Å²) in [6.45, 7) is 0. The molecular weight excluding hydrogens is 541 g/mol. The lowest BCUT2D eigenvalue weighted by molar-refractivity contribution is 1.37. The zero-order valence-corrected chi connectivity index (χ0v) is 24.0. The van der Waals surface area contributed by atoms with E-state index in [0.29, 0.717) is 0 Å². The van der Waals surface area contributed by atoms with Crippen LogP contribution >= 0.6 is 11.3 Å². The molecular formula is C40H24N2S. The molecule has 43 heavy (non-hydrogen) atoms. The van der Waals surface area contributed by atoms with Gasteiger partial charge in [-0.05, 0) is 46.2 Å². The summed E-state index contributed by atoms with van der Waals surface area (Å²) >= 11 is 1.86. The maximum atomic E-state index is 5.24. The van der Waals surface area contributed by atoms with Gasteiger partial charge in [-0.15, -0.1) is 11.3 Å². The summed E-state index contributed by atoms with van der Waals surface area (Å²) in [7, 11) is 0. The second-order valence-corrected chi connectivity index (χ2v) is 12.0. The molecule has 0 N–H and O–H groups in total. The summed E-state index contributed by atoms with van der Waals surface area (Å²) in [5, 5.41) is 7.23. The summed E-state index contributed by atoms with van der Waals surface area (Å²) < 4.78 is 2.64. The van der Waals surface area contributed by atoms with Gasteiger partial charge in [0, 0.05) is 42.1 Å². The summed E-state index contributed by atoms with van der Waals surface area (Å²) in [5.74, 6) is 0. The molecule has 9 aromatic rings. The monoisotopic (exact) mass is 564 g/mol. The molecule has 2 nitrogen and oxygen atoms in total. The van der Waals surface area contributed by atoms with Crippen LogP contribution in [0.4, 0.5) is 0 Å². The van der Waals surface area contributed by atoms with Crippen LogP contribution in [0.1, 0.15) is 0 Å². The van der Waals surface area contributed by atoms with Crippen molar-refractivity contribution < 1.29 is 0 Å². The van der Waals surface area contributed by atoms with E-state index in [9.17, 15) is 0 Å². The maximum absolute atomic E-state index is 5.24. The van der Waals surface area contributed by atoms with E-state index >= 15 is 0 Å². The first-order valence-corrected chi connectivity index (χ1v) is 15.3. The van der Waals surface area contributed by atoms with Crippen molar-refractivity contribution in [3.63, 3.8) is 0 Å². The Morgan fingerprint density at radius 2 is 1.00 bits per heavy atom. The third-order valence-corrected chi connectivity index (χ3v) is 9.68. The molecule has 3 aromatic heterocycles. The Hall–Kier alpha value is -5.38. The van der Waals surface area contributed by atoms with Crippen LogP contribution < -0.4 is 0 Å². The van der Waals surface area contributed by atoms with Gasteiger partial charge in [0.2, 0.25) is 0 Å². The number of fused-ring (bicyclic) bond motifs is 7. The molecule has 0 aliphatic rings. The lowest BCUT2D eigenvalue weighted by Gasteiger charge is -2.10. The molecule has 0 spiro atoms. The van der Waals surface area contributed by atoms with E-state index in [-0.39, 0.29) is 0 Å². The van der Waals surface area contributed by atoms with Crippen molar-refractivity contribution in [2.75, 3.05) is 0 Å². The Bertz CT molecular complexity index is 2520. The van der Waals surface area contributed by atoms with Gasteiger partial charge in [-0.1, -0.05) is 121 Å². The fourth-order valence-corrected chi connectivity index (χ4v) is 7.59. The standard InChI is InChI=1S/C40H24N2S/c1-2-12-30-25(8-1)9-6-15-32(30)36-23-21-27-19-18-26-20-22-35(41-38(26)39(27)42-36)29-11-5-10-28(24-29)31-14-7-16-34-33-13-3-4-17-37(33)43-40(31)34/h1-24H. The minimum absolute atomic E-state index is 0.925. The van der Waals surface area contributed by atoms with Gasteiger partial charge >= 0.3 is 0 Å². The van der Waals surface area contributed by atoms with Gasteiger partial charge in [0.05, 0.1) is 22.4 Å². The number of pyridine rings is 2. The number of nitrogens with zero attached hydrogens (tertiary/aromatic N) is 2. The molecule has 0 amide bonds. The second-order valence-electron chi connectivity index (χ2n) is 11.0. The van der Waals surface area contributed by atoms with Crippen LogP contribution in [0.25, 0.3) is 86.4 Å². The topological polar surface area (TPSA) is 25.8 Å². The minimum atomic E-state index is 0.925. The van der Waals surface area contributed by atoms with E-state index in [1.165, 1.54) is 42.1 Å². The predicted octanol–water partition coefficient (Wildman–Crippen LogP) is 11.3. The zero-order chi connectivity index (χ0) is 28.3. The summed E-state index contributed by atoms with van der Waals surface area (Å²) in [5.41, 5.74) is 8.45. The van der Waals surface area contributed by atoms with E-state index in [0.717, 1.165) is 44.3 Å². The average molecular weight is 565 g/mol. The average Bonchev–Trinajstić information content (AvgIpc) is 3.46. The van der Waals surface area contributed by atoms with E-state index in [2.05, 4.69) is 146 Å². The quantitative estimate of drug-likeness (QED) is 0.199. The van der Waals surface area contributed by atoms with E-state index < -0.39 is 0 Å². The molecule has 0 aliphatic heterocycles. The van der Waals surface area contributed by atoms with Crippen molar-refractivity contribution in [2.45, 2.75) is 0 Å². The number of rotatable bonds is 3. The van der Waals surface area contributed by atoms with Crippen LogP contribution in [0.3, 0.4) is 0 Å². The summed E-state index contributed by atoms with van der Waals surface area (Å²) in [4.78, 5) is 10.5. The molecule has 0 atom stereocenters. The molecule has 0 aliphatic carbocycles. The maximum Gasteiger partial charge on any atom is 0.0972 e. The first kappa shape index (κ1) is 24.2. The first-order chi connectivity index (χ1) is 21.3. The lowest BCUT2D eigenvalue weighted by Crippen LogP contribution is -1.92. The van der Waals surface area contributed by atoms with Gasteiger partial charge in [-0.2, -0.15) is 0 Å². The normalized spacial score (nSPS) is 11.7. The Morgan fingerprint density at radius 3 is 1.88 bits per heavy atom. The predicted molar refractivity (Wildman–Crippen MR) is 184 cm³/mol. The largest absolute Gasteiger partial charge is 0.245 e. The van der Waals surface area contributed by atoms with Crippen LogP contribution in [-0.2, 0) is 0 Å². The smallest absolute Gasteiger partial charge is 0.0972 e. The Morgan fingerprint density at radius 1 is 0.395 bits per heavy atom. The molecule has 0 unspecified atom stereocenters. The second kappa shape index (κ2) is 9.59. The fourth-order valence-electron chi connectivity index (χ4n) is 6.35. The fraction of sp³-hybridized carbons (Fsp3) is 0. The third kappa shape index (κ3) is 3.93. The molecule has 3 heterocycles. The van der Waals surface area contributed by atoms with Gasteiger partial charge < -0.3 is 0 Å². The number of hydrogen-bond donors (Lipinski definition) is 0. The van der Waals surface area contributed by atoms with Crippen molar-refractivity contribution in [3.8, 4) is 33.6 Å². The SMILES string of the molecule is c1cc(-c2ccc3ccc4ccc(-c5cccc6ccccc56)nc4c3n2)cc(-c2cccc3c2sc2ccccc23)c1. The van der Waals surface area contributed by atoms with Crippen LogP contribution in [0, 0.1) is 0 Å². The van der Waals surface area contributed by atoms with Crippen molar-refractivity contribution in [3.05, 3.63) is 146 Å². The van der Waals surface area contributed by atoms with E-state index in [4.69, 9.17) is 9.97 Å². The lowest BCUT2D eigenvalue weighted by atomic mass is 9.99. The highest BCUT2D eigenvalue weighted by atomic mass is 32.1. The van der Waals surface area contributed by atoms with Crippen LogP contribution in [-0.4, -0.2) is 9.97 Å². The highest BCUT2D eigenvalue weighted by molar-refractivity contribution is 7.26. The van der Waals surface area contributed by atoms with Gasteiger partial charge in [-0.3, -0.25) is 0 Å². The molecule has 0 radical (unpaired) electrons. The van der Waals surface area contributed by atoms with E-state index in [1.807, 2.05) is 11.3 Å². The van der Waals surface area contributed by atoms with Gasteiger partial charge in [0.1, 0.15) is 0 Å². The van der Waals surface area contributed by atoms with Crippen molar-refractivity contribution in [1.82, 2.24) is 9.97 Å². The highest BCUT2D eigenvalue weighted by Crippen LogP contribution is 2.40. The Kier molecular flexibility index (Phi) is 5.40. The van der Waals surface area contributed by atoms with E-state index in [1.54, 1.807) is 0 Å². The number of hydrogen-bond acceptors (Lipinski definition) is 3. The minimum Gasteiger partial charge on any atom is -0.245 e. The Balaban J connectivity index is 1.20. The van der Waals surface area contributed by atoms with Gasteiger partial charge in [-0.25, -0.2) is 9.97 Å². The van der Waals surface area contributed by atoms with Crippen LogP contribution in [0.2, 0.25) is 0 Å². The van der Waals surface area contributed by atoms with Gasteiger partial charge in [0.25, 0.3) is 0 Å². The zero-order valence-electron chi connectivity index (χ0n) is 23.2. The summed E-state index contributed by atoms with van der Waals surface area (Å²) in [6, 6.07) is 51.9. The third-order valence-electron chi connectivity index (χ3n) is 8.46. The van der Waals surface area contributed by atoms with Crippen LogP contribution in [0.15, 0.2) is 146 Å². The molecule has 3 heteroatoms. The molecule has 200 valence electrons. The van der Waals surface area contributed by atoms with Crippen molar-refractivity contribution >= 4 is 64.1 Å².